The summed E-state index contributed by atoms with van der Waals surface area (Å²) in [6.07, 6.45) is 2.55. The van der Waals surface area contributed by atoms with Crippen molar-refractivity contribution in [3.8, 4) is 5.75 Å². The molecule has 0 bridgehead atoms. The minimum Gasteiger partial charge on any atom is -0.490 e. The molecule has 1 aliphatic rings. The number of ether oxygens (including phenoxy) is 1. The summed E-state index contributed by atoms with van der Waals surface area (Å²) in [6, 6.07) is 4.07. The first-order valence-corrected chi connectivity index (χ1v) is 10.6. The van der Waals surface area contributed by atoms with Crippen molar-refractivity contribution >= 4 is 10.0 Å². The van der Waals surface area contributed by atoms with Crippen molar-refractivity contribution in [3.63, 3.8) is 0 Å². The van der Waals surface area contributed by atoms with Gasteiger partial charge in [-0.25, -0.2) is 17.5 Å². The number of rotatable bonds is 12. The first-order valence-electron chi connectivity index (χ1n) is 8.93. The zero-order chi connectivity index (χ0) is 19.9. The van der Waals surface area contributed by atoms with Crippen LogP contribution in [0.4, 0.5) is 4.39 Å². The van der Waals surface area contributed by atoms with Gasteiger partial charge < -0.3 is 9.84 Å². The van der Waals surface area contributed by atoms with Gasteiger partial charge in [-0.05, 0) is 54.8 Å². The third-order valence-electron chi connectivity index (χ3n) is 4.54. The van der Waals surface area contributed by atoms with Gasteiger partial charge in [-0.3, -0.25) is 0 Å². The standard InChI is InChI=1S/C17H25FN4O4S/c1-2-17(23,12-21-27(24,25)9-3-8-20-22-19)14-6-7-15(18)16(10-14)26-11-13-4-5-13/h6-7,10,13,21,23H,2-5,8-9,11-12H2,1H3. The van der Waals surface area contributed by atoms with Crippen LogP contribution in [-0.4, -0.2) is 39.0 Å². The van der Waals surface area contributed by atoms with Gasteiger partial charge in [0.2, 0.25) is 10.0 Å². The molecule has 1 fully saturated rings. The van der Waals surface area contributed by atoms with Gasteiger partial charge in [0.1, 0.15) is 5.60 Å². The molecule has 1 aliphatic carbocycles. The minimum absolute atomic E-state index is 0.0588. The average Bonchev–Trinajstić information content (AvgIpc) is 3.47. The minimum atomic E-state index is -3.64. The van der Waals surface area contributed by atoms with Gasteiger partial charge in [0.25, 0.3) is 0 Å². The van der Waals surface area contributed by atoms with Crippen molar-refractivity contribution in [2.45, 2.75) is 38.2 Å². The van der Waals surface area contributed by atoms with Crippen LogP contribution in [0.25, 0.3) is 10.4 Å². The Labute approximate surface area is 158 Å². The molecule has 10 heteroatoms. The summed E-state index contributed by atoms with van der Waals surface area (Å²) in [5, 5.41) is 14.2. The van der Waals surface area contributed by atoms with Crippen LogP contribution in [-0.2, 0) is 15.6 Å². The molecular weight excluding hydrogens is 375 g/mol. The number of halogens is 1. The molecule has 0 radical (unpaired) electrons. The lowest BCUT2D eigenvalue weighted by Crippen LogP contribution is -2.41. The Kier molecular flexibility index (Phi) is 7.43. The first-order chi connectivity index (χ1) is 12.8. The molecule has 1 saturated carbocycles. The molecule has 1 aromatic carbocycles. The maximum Gasteiger partial charge on any atom is 0.211 e. The molecule has 0 heterocycles. The molecular formula is C17H25FN4O4S. The van der Waals surface area contributed by atoms with Crippen LogP contribution in [0.1, 0.15) is 38.2 Å². The predicted molar refractivity (Wildman–Crippen MR) is 99.2 cm³/mol. The van der Waals surface area contributed by atoms with Gasteiger partial charge in [0.05, 0.1) is 12.4 Å². The molecule has 1 atom stereocenters. The molecule has 0 spiro atoms. The lowest BCUT2D eigenvalue weighted by Gasteiger charge is -2.28. The number of nitrogens with one attached hydrogen (secondary N) is 1. The van der Waals surface area contributed by atoms with Crippen LogP contribution in [0, 0.1) is 11.7 Å². The Morgan fingerprint density at radius 1 is 1.48 bits per heavy atom. The van der Waals surface area contributed by atoms with E-state index in [2.05, 4.69) is 14.7 Å². The number of sulfonamides is 1. The number of benzene rings is 1. The van der Waals surface area contributed by atoms with E-state index in [-0.39, 0.29) is 37.4 Å². The molecule has 1 unspecified atom stereocenters. The summed E-state index contributed by atoms with van der Waals surface area (Å²) >= 11 is 0. The fourth-order valence-corrected chi connectivity index (χ4v) is 3.61. The van der Waals surface area contributed by atoms with Gasteiger partial charge >= 0.3 is 0 Å². The van der Waals surface area contributed by atoms with Crippen LogP contribution >= 0.6 is 0 Å². The summed E-state index contributed by atoms with van der Waals surface area (Å²) in [5.74, 6) is -0.222. The SMILES string of the molecule is CCC(O)(CNS(=O)(=O)CCCN=[N+]=[N-])c1ccc(F)c(OCC2CC2)c1. The average molecular weight is 400 g/mol. The Morgan fingerprint density at radius 3 is 2.85 bits per heavy atom. The van der Waals surface area contributed by atoms with E-state index in [4.69, 9.17) is 10.3 Å². The number of azide groups is 1. The van der Waals surface area contributed by atoms with Crippen LogP contribution < -0.4 is 9.46 Å². The maximum absolute atomic E-state index is 14.0. The Balaban J connectivity index is 2.04. The van der Waals surface area contributed by atoms with Crippen LogP contribution in [0.5, 0.6) is 5.75 Å². The van der Waals surface area contributed by atoms with E-state index < -0.39 is 21.4 Å². The predicted octanol–water partition coefficient (Wildman–Crippen LogP) is 2.83. The topological polar surface area (TPSA) is 124 Å². The Bertz CT molecular complexity index is 794. The summed E-state index contributed by atoms with van der Waals surface area (Å²) in [6.45, 7) is 1.98. The fourth-order valence-electron chi connectivity index (χ4n) is 2.50. The molecule has 2 N–H and O–H groups in total. The zero-order valence-electron chi connectivity index (χ0n) is 15.3. The third kappa shape index (κ3) is 6.66. The van der Waals surface area contributed by atoms with E-state index in [9.17, 15) is 17.9 Å². The zero-order valence-corrected chi connectivity index (χ0v) is 16.1. The third-order valence-corrected chi connectivity index (χ3v) is 5.95. The van der Waals surface area contributed by atoms with Crippen molar-refractivity contribution in [3.05, 3.63) is 40.0 Å². The van der Waals surface area contributed by atoms with E-state index in [0.29, 0.717) is 18.1 Å². The number of nitrogens with zero attached hydrogens (tertiary/aromatic N) is 3. The quantitative estimate of drug-likeness (QED) is 0.242. The number of aliphatic hydroxyl groups is 1. The van der Waals surface area contributed by atoms with Gasteiger partial charge in [-0.2, -0.15) is 0 Å². The van der Waals surface area contributed by atoms with Gasteiger partial charge in [-0.15, -0.1) is 0 Å². The summed E-state index contributed by atoms with van der Waals surface area (Å²) < 4.78 is 45.9. The fraction of sp³-hybridized carbons (Fsp3) is 0.647. The second-order valence-electron chi connectivity index (χ2n) is 6.73. The highest BCUT2D eigenvalue weighted by atomic mass is 32.2. The molecule has 8 nitrogen and oxygen atoms in total. The molecule has 0 amide bonds. The van der Waals surface area contributed by atoms with E-state index >= 15 is 0 Å². The van der Waals surface area contributed by atoms with Crippen molar-refractivity contribution in [1.82, 2.24) is 4.72 Å². The van der Waals surface area contributed by atoms with Crippen molar-refractivity contribution < 1.29 is 22.7 Å². The number of hydrogen-bond donors (Lipinski definition) is 2. The van der Waals surface area contributed by atoms with Gasteiger partial charge in [0, 0.05) is 18.0 Å². The highest BCUT2D eigenvalue weighted by molar-refractivity contribution is 7.89. The molecule has 1 aromatic rings. The summed E-state index contributed by atoms with van der Waals surface area (Å²) in [5.41, 5.74) is 7.09. The van der Waals surface area contributed by atoms with Crippen LogP contribution in [0.2, 0.25) is 0 Å². The monoisotopic (exact) mass is 400 g/mol. The van der Waals surface area contributed by atoms with E-state index in [1.165, 1.54) is 18.2 Å². The van der Waals surface area contributed by atoms with Crippen molar-refractivity contribution in [2.75, 3.05) is 25.4 Å². The lowest BCUT2D eigenvalue weighted by atomic mass is 9.91. The van der Waals surface area contributed by atoms with E-state index in [1.54, 1.807) is 6.92 Å². The highest BCUT2D eigenvalue weighted by Crippen LogP contribution is 2.32. The van der Waals surface area contributed by atoms with E-state index in [0.717, 1.165) is 12.8 Å². The molecule has 27 heavy (non-hydrogen) atoms. The van der Waals surface area contributed by atoms with Gasteiger partial charge in [0.15, 0.2) is 11.6 Å². The second-order valence-corrected chi connectivity index (χ2v) is 8.66. The van der Waals surface area contributed by atoms with Gasteiger partial charge in [-0.1, -0.05) is 18.1 Å². The molecule has 0 aliphatic heterocycles. The molecule has 150 valence electrons. The second kappa shape index (κ2) is 9.36. The Hall–Kier alpha value is -1.87. The van der Waals surface area contributed by atoms with Crippen LogP contribution in [0.3, 0.4) is 0 Å². The highest BCUT2D eigenvalue weighted by Gasteiger charge is 2.30. The summed E-state index contributed by atoms with van der Waals surface area (Å²) in [4.78, 5) is 2.57. The largest absolute Gasteiger partial charge is 0.490 e. The number of hydrogen-bond acceptors (Lipinski definition) is 5. The molecule has 0 saturated heterocycles. The normalized spacial score (nSPS) is 16.4. The lowest BCUT2D eigenvalue weighted by molar-refractivity contribution is 0.0376. The van der Waals surface area contributed by atoms with Crippen molar-refractivity contribution in [1.29, 1.82) is 0 Å². The van der Waals surface area contributed by atoms with Crippen LogP contribution in [0.15, 0.2) is 23.3 Å². The molecule has 0 aromatic heterocycles. The Morgan fingerprint density at radius 2 is 2.22 bits per heavy atom. The maximum atomic E-state index is 14.0. The summed E-state index contributed by atoms with van der Waals surface area (Å²) in [7, 11) is -3.64. The smallest absolute Gasteiger partial charge is 0.211 e. The first kappa shape index (κ1) is 21.4. The van der Waals surface area contributed by atoms with Crippen molar-refractivity contribution in [2.24, 2.45) is 11.0 Å². The van der Waals surface area contributed by atoms with E-state index in [1.807, 2.05) is 0 Å². The molecule has 2 rings (SSSR count).